The van der Waals surface area contributed by atoms with Crippen molar-refractivity contribution in [2.45, 2.75) is 19.4 Å². The average Bonchev–Trinajstić information content (AvgIpc) is 3.13. The summed E-state index contributed by atoms with van der Waals surface area (Å²) in [5.74, 6) is -0.295. The first-order chi connectivity index (χ1) is 12.1. The van der Waals surface area contributed by atoms with Crippen LogP contribution in [0.25, 0.3) is 0 Å². The number of amides is 1. The molecule has 0 unspecified atom stereocenters. The highest BCUT2D eigenvalue weighted by Gasteiger charge is 2.18. The van der Waals surface area contributed by atoms with E-state index in [-0.39, 0.29) is 17.7 Å². The van der Waals surface area contributed by atoms with E-state index in [2.05, 4.69) is 10.3 Å². The lowest BCUT2D eigenvalue weighted by molar-refractivity contribution is 0.0932. The van der Waals surface area contributed by atoms with Crippen LogP contribution in [-0.4, -0.2) is 16.7 Å². The molecule has 2 aromatic carbocycles. The molecule has 4 heteroatoms. The molecule has 1 atom stereocenters. The van der Waals surface area contributed by atoms with Gasteiger partial charge < -0.3 is 10.3 Å². The number of Topliss-reactive ketones (excluding diaryl/α,β-unsaturated/α-hetero) is 1. The van der Waals surface area contributed by atoms with Gasteiger partial charge in [0.15, 0.2) is 5.78 Å². The molecule has 1 amide bonds. The van der Waals surface area contributed by atoms with Crippen LogP contribution >= 0.6 is 0 Å². The quantitative estimate of drug-likeness (QED) is 0.672. The maximum atomic E-state index is 12.6. The lowest BCUT2D eigenvalue weighted by atomic mass is 9.98. The van der Waals surface area contributed by atoms with Crippen molar-refractivity contribution < 1.29 is 9.59 Å². The smallest absolute Gasteiger partial charge is 0.268 e. The molecule has 0 fully saturated rings. The Labute approximate surface area is 146 Å². The SMILES string of the molecule is CC(=O)c1c[nH]c(C(=O)N[C@H](Cc2ccccc2)c2ccccc2)c1. The lowest BCUT2D eigenvalue weighted by Gasteiger charge is -2.19. The number of benzene rings is 2. The van der Waals surface area contributed by atoms with Gasteiger partial charge in [0.1, 0.15) is 5.69 Å². The van der Waals surface area contributed by atoms with Gasteiger partial charge in [-0.1, -0.05) is 60.7 Å². The summed E-state index contributed by atoms with van der Waals surface area (Å²) in [6.45, 7) is 1.48. The van der Waals surface area contributed by atoms with E-state index in [4.69, 9.17) is 0 Å². The van der Waals surface area contributed by atoms with Gasteiger partial charge in [-0.25, -0.2) is 0 Å². The van der Waals surface area contributed by atoms with Crippen LogP contribution < -0.4 is 5.32 Å². The molecule has 0 aliphatic rings. The van der Waals surface area contributed by atoms with Gasteiger partial charge >= 0.3 is 0 Å². The fraction of sp³-hybridized carbons (Fsp3) is 0.143. The summed E-state index contributed by atoms with van der Waals surface area (Å²) >= 11 is 0. The van der Waals surface area contributed by atoms with E-state index in [0.717, 1.165) is 11.1 Å². The first-order valence-corrected chi connectivity index (χ1v) is 8.22. The van der Waals surface area contributed by atoms with Crippen LogP contribution in [0.4, 0.5) is 0 Å². The number of hydrogen-bond acceptors (Lipinski definition) is 2. The number of hydrogen-bond donors (Lipinski definition) is 2. The Bertz CT molecular complexity index is 854. The molecule has 3 aromatic rings. The van der Waals surface area contributed by atoms with E-state index in [1.165, 1.54) is 6.92 Å². The van der Waals surface area contributed by atoms with Crippen LogP contribution in [-0.2, 0) is 6.42 Å². The van der Waals surface area contributed by atoms with E-state index in [9.17, 15) is 9.59 Å². The highest BCUT2D eigenvalue weighted by Crippen LogP contribution is 2.19. The van der Waals surface area contributed by atoms with Crippen LogP contribution in [0, 0.1) is 0 Å². The van der Waals surface area contributed by atoms with Crippen LogP contribution in [0.15, 0.2) is 72.9 Å². The van der Waals surface area contributed by atoms with Gasteiger partial charge in [-0.15, -0.1) is 0 Å². The van der Waals surface area contributed by atoms with Crippen molar-refractivity contribution in [3.63, 3.8) is 0 Å². The van der Waals surface area contributed by atoms with Gasteiger partial charge in [-0.05, 0) is 30.5 Å². The molecule has 0 spiro atoms. The fourth-order valence-electron chi connectivity index (χ4n) is 2.75. The van der Waals surface area contributed by atoms with E-state index >= 15 is 0 Å². The zero-order chi connectivity index (χ0) is 17.6. The van der Waals surface area contributed by atoms with E-state index in [1.54, 1.807) is 12.3 Å². The second-order valence-electron chi connectivity index (χ2n) is 5.98. The van der Waals surface area contributed by atoms with Crippen molar-refractivity contribution in [1.82, 2.24) is 10.3 Å². The molecule has 3 rings (SSSR count). The number of ketones is 1. The third-order valence-electron chi connectivity index (χ3n) is 4.12. The van der Waals surface area contributed by atoms with Gasteiger partial charge in [-0.2, -0.15) is 0 Å². The number of aromatic amines is 1. The Morgan fingerprint density at radius 2 is 1.64 bits per heavy atom. The van der Waals surface area contributed by atoms with Crippen LogP contribution in [0.5, 0.6) is 0 Å². The maximum Gasteiger partial charge on any atom is 0.268 e. The first-order valence-electron chi connectivity index (χ1n) is 8.22. The topological polar surface area (TPSA) is 62.0 Å². The number of H-pyrrole nitrogens is 1. The minimum atomic E-state index is -0.225. The highest BCUT2D eigenvalue weighted by atomic mass is 16.2. The molecular weight excluding hydrogens is 312 g/mol. The second kappa shape index (κ2) is 7.62. The van der Waals surface area contributed by atoms with E-state index in [0.29, 0.717) is 17.7 Å². The first kappa shape index (κ1) is 16.7. The van der Waals surface area contributed by atoms with E-state index < -0.39 is 0 Å². The highest BCUT2D eigenvalue weighted by molar-refractivity contribution is 5.99. The molecule has 1 heterocycles. The predicted molar refractivity (Wildman–Crippen MR) is 97.6 cm³/mol. The summed E-state index contributed by atoms with van der Waals surface area (Å²) in [5.41, 5.74) is 3.08. The predicted octanol–water partition coefficient (Wildman–Crippen LogP) is 3.93. The summed E-state index contributed by atoms with van der Waals surface area (Å²) in [4.78, 5) is 26.9. The molecule has 0 aliphatic carbocycles. The minimum Gasteiger partial charge on any atom is -0.356 e. The average molecular weight is 332 g/mol. The summed E-state index contributed by atoms with van der Waals surface area (Å²) in [7, 11) is 0. The minimum absolute atomic E-state index is 0.0702. The molecule has 0 aliphatic heterocycles. The van der Waals surface area contributed by atoms with Gasteiger partial charge in [0.2, 0.25) is 0 Å². The van der Waals surface area contributed by atoms with Crippen molar-refractivity contribution in [2.75, 3.05) is 0 Å². The van der Waals surface area contributed by atoms with Crippen LogP contribution in [0.2, 0.25) is 0 Å². The Morgan fingerprint density at radius 1 is 1.00 bits per heavy atom. The Balaban J connectivity index is 1.81. The molecule has 0 saturated carbocycles. The van der Waals surface area contributed by atoms with E-state index in [1.807, 2.05) is 60.7 Å². The molecule has 4 nitrogen and oxygen atoms in total. The normalized spacial score (nSPS) is 11.7. The largest absolute Gasteiger partial charge is 0.356 e. The maximum absolute atomic E-state index is 12.6. The zero-order valence-corrected chi connectivity index (χ0v) is 14.0. The van der Waals surface area contributed by atoms with Gasteiger partial charge in [0.05, 0.1) is 6.04 Å². The van der Waals surface area contributed by atoms with Crippen molar-refractivity contribution in [2.24, 2.45) is 0 Å². The Hall–Kier alpha value is -3.14. The second-order valence-corrected chi connectivity index (χ2v) is 5.98. The molecule has 25 heavy (non-hydrogen) atoms. The van der Waals surface area contributed by atoms with Gasteiger partial charge in [-0.3, -0.25) is 9.59 Å². The van der Waals surface area contributed by atoms with Crippen molar-refractivity contribution in [1.29, 1.82) is 0 Å². The molecule has 0 bridgehead atoms. The number of carbonyl (C=O) groups excluding carboxylic acids is 2. The van der Waals surface area contributed by atoms with Crippen LogP contribution in [0.3, 0.4) is 0 Å². The molecule has 1 aromatic heterocycles. The Kier molecular flexibility index (Phi) is 5.09. The molecule has 126 valence electrons. The molecule has 0 saturated heterocycles. The van der Waals surface area contributed by atoms with Gasteiger partial charge in [0, 0.05) is 11.8 Å². The Morgan fingerprint density at radius 3 is 2.24 bits per heavy atom. The van der Waals surface area contributed by atoms with Crippen LogP contribution in [0.1, 0.15) is 44.9 Å². The summed E-state index contributed by atoms with van der Waals surface area (Å²) in [6, 6.07) is 21.4. The van der Waals surface area contributed by atoms with Gasteiger partial charge in [0.25, 0.3) is 5.91 Å². The van der Waals surface area contributed by atoms with Crippen molar-refractivity contribution in [3.8, 4) is 0 Å². The van der Waals surface area contributed by atoms with Crippen molar-refractivity contribution in [3.05, 3.63) is 95.3 Å². The third kappa shape index (κ3) is 4.23. The zero-order valence-electron chi connectivity index (χ0n) is 14.0. The number of aromatic nitrogens is 1. The standard InChI is InChI=1S/C21H20N2O2/c1-15(24)18-13-20(22-14-18)21(25)23-19(17-10-6-3-7-11-17)12-16-8-4-2-5-9-16/h2-11,13-14,19,22H,12H2,1H3,(H,23,25)/t19-/m1/s1. The molecule has 0 radical (unpaired) electrons. The lowest BCUT2D eigenvalue weighted by Crippen LogP contribution is -2.30. The molecular formula is C21H20N2O2. The fourth-order valence-corrected chi connectivity index (χ4v) is 2.75. The number of nitrogens with one attached hydrogen (secondary N) is 2. The molecule has 2 N–H and O–H groups in total. The summed E-state index contributed by atoms with van der Waals surface area (Å²) in [5, 5.41) is 3.07. The summed E-state index contributed by atoms with van der Waals surface area (Å²) in [6.07, 6.45) is 2.25. The third-order valence-corrected chi connectivity index (χ3v) is 4.12. The summed E-state index contributed by atoms with van der Waals surface area (Å²) < 4.78 is 0. The van der Waals surface area contributed by atoms with Crippen molar-refractivity contribution >= 4 is 11.7 Å². The number of carbonyl (C=O) groups is 2. The monoisotopic (exact) mass is 332 g/mol. The number of rotatable bonds is 6.